The van der Waals surface area contributed by atoms with Crippen LogP contribution in [0, 0.1) is 0 Å². The van der Waals surface area contributed by atoms with Crippen LogP contribution in [-0.2, 0) is 25.5 Å². The lowest BCUT2D eigenvalue weighted by molar-refractivity contribution is -0.184. The van der Waals surface area contributed by atoms with Crippen molar-refractivity contribution in [2.24, 2.45) is 0 Å². The van der Waals surface area contributed by atoms with Crippen molar-refractivity contribution in [2.45, 2.75) is 56.1 Å². The molecule has 0 unspecified atom stereocenters. The predicted molar refractivity (Wildman–Crippen MR) is 115 cm³/mol. The molecule has 3 rings (SSSR count). The van der Waals surface area contributed by atoms with E-state index in [4.69, 9.17) is 25.8 Å². The van der Waals surface area contributed by atoms with Gasteiger partial charge in [-0.05, 0) is 50.5 Å². The van der Waals surface area contributed by atoms with Gasteiger partial charge in [-0.3, -0.25) is 4.79 Å². The minimum atomic E-state index is -1.63. The van der Waals surface area contributed by atoms with Gasteiger partial charge in [-0.15, -0.1) is 11.6 Å². The van der Waals surface area contributed by atoms with Gasteiger partial charge in [0.05, 0.1) is 18.9 Å². The minimum Gasteiger partial charge on any atom is -0.497 e. The lowest BCUT2D eigenvalue weighted by Gasteiger charge is -2.37. The van der Waals surface area contributed by atoms with Crippen molar-refractivity contribution in [3.05, 3.63) is 65.7 Å². The Balaban J connectivity index is 2.05. The van der Waals surface area contributed by atoms with E-state index in [1.54, 1.807) is 40.0 Å². The molecule has 2 aromatic carbocycles. The van der Waals surface area contributed by atoms with Gasteiger partial charge in [-0.1, -0.05) is 42.5 Å². The molecule has 1 fully saturated rings. The van der Waals surface area contributed by atoms with Gasteiger partial charge in [0.1, 0.15) is 11.4 Å². The predicted octanol–water partition coefficient (Wildman–Crippen LogP) is 4.66. The summed E-state index contributed by atoms with van der Waals surface area (Å²) in [5.74, 6) is -0.992. The molecule has 1 saturated heterocycles. The minimum absolute atomic E-state index is 0.0452. The quantitative estimate of drug-likeness (QED) is 0.492. The summed E-state index contributed by atoms with van der Waals surface area (Å²) in [6, 6.07) is 16.8. The fourth-order valence-electron chi connectivity index (χ4n) is 3.75. The molecule has 0 radical (unpaired) electrons. The molecule has 30 heavy (non-hydrogen) atoms. The Labute approximate surface area is 182 Å². The van der Waals surface area contributed by atoms with Crippen molar-refractivity contribution in [3.63, 3.8) is 0 Å². The first kappa shape index (κ1) is 22.2. The molecule has 160 valence electrons. The second kappa shape index (κ2) is 8.68. The van der Waals surface area contributed by atoms with Gasteiger partial charge in [0.2, 0.25) is 5.60 Å². The molecular formula is C24H27ClO5. The Morgan fingerprint density at radius 1 is 1.17 bits per heavy atom. The lowest BCUT2D eigenvalue weighted by atomic mass is 9.77. The number of rotatable bonds is 6. The molecule has 0 saturated carbocycles. The maximum atomic E-state index is 13.5. The molecule has 5 nitrogen and oxygen atoms in total. The summed E-state index contributed by atoms with van der Waals surface area (Å²) in [5.41, 5.74) is -0.674. The Bertz CT molecular complexity index is 888. The van der Waals surface area contributed by atoms with Gasteiger partial charge >= 0.3 is 11.9 Å². The number of hydrogen-bond donors (Lipinski definition) is 0. The molecule has 0 aromatic heterocycles. The van der Waals surface area contributed by atoms with E-state index in [-0.39, 0.29) is 6.42 Å². The van der Waals surface area contributed by atoms with Gasteiger partial charge in [0.25, 0.3) is 0 Å². The van der Waals surface area contributed by atoms with Crippen LogP contribution in [0.5, 0.6) is 5.75 Å². The Morgan fingerprint density at radius 2 is 1.80 bits per heavy atom. The smallest absolute Gasteiger partial charge is 0.353 e. The highest BCUT2D eigenvalue weighted by atomic mass is 35.5. The van der Waals surface area contributed by atoms with Gasteiger partial charge in [0, 0.05) is 5.92 Å². The SMILES string of the molecule is COc1ccc([C@@H]2CC(=O)O[C@]2(C(=O)OC(C)(C)C)[C@H](Cl)Cc2ccccc2)cc1. The number of hydrogen-bond acceptors (Lipinski definition) is 5. The average Bonchev–Trinajstić information content (AvgIpc) is 3.06. The fourth-order valence-corrected chi connectivity index (χ4v) is 4.21. The number of halogens is 1. The number of alkyl halides is 1. The summed E-state index contributed by atoms with van der Waals surface area (Å²) >= 11 is 6.87. The number of carbonyl (C=O) groups is 2. The highest BCUT2D eigenvalue weighted by Gasteiger charge is 2.61. The molecule has 6 heteroatoms. The summed E-state index contributed by atoms with van der Waals surface area (Å²) < 4.78 is 16.7. The van der Waals surface area contributed by atoms with Crippen molar-refractivity contribution < 1.29 is 23.8 Å². The normalized spacial score (nSPS) is 22.3. The van der Waals surface area contributed by atoms with Crippen molar-refractivity contribution in [1.29, 1.82) is 0 Å². The molecule has 0 aliphatic carbocycles. The van der Waals surface area contributed by atoms with E-state index in [0.29, 0.717) is 12.2 Å². The lowest BCUT2D eigenvalue weighted by Crippen LogP contribution is -2.54. The van der Waals surface area contributed by atoms with Crippen LogP contribution in [0.25, 0.3) is 0 Å². The van der Waals surface area contributed by atoms with Crippen molar-refractivity contribution in [3.8, 4) is 5.75 Å². The van der Waals surface area contributed by atoms with E-state index in [2.05, 4.69) is 0 Å². The van der Waals surface area contributed by atoms with Crippen molar-refractivity contribution in [2.75, 3.05) is 7.11 Å². The Kier molecular flexibility index (Phi) is 6.41. The van der Waals surface area contributed by atoms with Crippen LogP contribution >= 0.6 is 11.6 Å². The second-order valence-corrected chi connectivity index (χ2v) is 8.98. The molecule has 0 amide bonds. The fraction of sp³-hybridized carbons (Fsp3) is 0.417. The topological polar surface area (TPSA) is 61.8 Å². The summed E-state index contributed by atoms with van der Waals surface area (Å²) in [6.07, 6.45) is 0.394. The third-order valence-electron chi connectivity index (χ3n) is 5.13. The van der Waals surface area contributed by atoms with Crippen LogP contribution in [0.2, 0.25) is 0 Å². The van der Waals surface area contributed by atoms with Gasteiger partial charge in [-0.2, -0.15) is 0 Å². The van der Waals surface area contributed by atoms with Crippen LogP contribution in [-0.4, -0.2) is 35.6 Å². The number of benzene rings is 2. The average molecular weight is 431 g/mol. The molecule has 0 spiro atoms. The molecule has 0 N–H and O–H groups in total. The molecule has 2 aromatic rings. The first-order valence-electron chi connectivity index (χ1n) is 9.93. The maximum absolute atomic E-state index is 13.5. The third kappa shape index (κ3) is 4.62. The number of ether oxygens (including phenoxy) is 3. The number of methoxy groups -OCH3 is 1. The monoisotopic (exact) mass is 430 g/mol. The zero-order valence-electron chi connectivity index (χ0n) is 17.7. The van der Waals surface area contributed by atoms with E-state index in [1.807, 2.05) is 42.5 Å². The first-order chi connectivity index (χ1) is 14.2. The molecule has 1 aliphatic rings. The van der Waals surface area contributed by atoms with Crippen LogP contribution < -0.4 is 4.74 Å². The van der Waals surface area contributed by atoms with E-state index in [9.17, 15) is 9.59 Å². The number of cyclic esters (lactones) is 1. The summed E-state index contributed by atoms with van der Waals surface area (Å²) in [6.45, 7) is 5.33. The van der Waals surface area contributed by atoms with Gasteiger partial charge < -0.3 is 14.2 Å². The number of carbonyl (C=O) groups excluding carboxylic acids is 2. The summed E-state index contributed by atoms with van der Waals surface area (Å²) in [7, 11) is 1.58. The highest BCUT2D eigenvalue weighted by Crippen LogP contribution is 2.47. The summed E-state index contributed by atoms with van der Waals surface area (Å²) in [4.78, 5) is 25.9. The molecular weight excluding hydrogens is 404 g/mol. The highest BCUT2D eigenvalue weighted by molar-refractivity contribution is 6.24. The van der Waals surface area contributed by atoms with Crippen molar-refractivity contribution >= 4 is 23.5 Å². The van der Waals surface area contributed by atoms with Crippen LogP contribution in [0.1, 0.15) is 44.2 Å². The van der Waals surface area contributed by atoms with Gasteiger partial charge in [0.15, 0.2) is 0 Å². The maximum Gasteiger partial charge on any atom is 0.353 e. The zero-order valence-corrected chi connectivity index (χ0v) is 18.4. The van der Waals surface area contributed by atoms with Gasteiger partial charge in [-0.25, -0.2) is 4.79 Å². The molecule has 1 aliphatic heterocycles. The van der Waals surface area contributed by atoms with E-state index < -0.39 is 34.4 Å². The Hall–Kier alpha value is -2.53. The largest absolute Gasteiger partial charge is 0.497 e. The second-order valence-electron chi connectivity index (χ2n) is 8.46. The third-order valence-corrected chi connectivity index (χ3v) is 5.61. The van der Waals surface area contributed by atoms with Crippen LogP contribution in [0.4, 0.5) is 0 Å². The van der Waals surface area contributed by atoms with Crippen LogP contribution in [0.15, 0.2) is 54.6 Å². The van der Waals surface area contributed by atoms with E-state index in [1.165, 1.54) is 0 Å². The summed E-state index contributed by atoms with van der Waals surface area (Å²) in [5, 5.41) is -0.812. The number of esters is 2. The zero-order chi connectivity index (χ0) is 21.9. The van der Waals surface area contributed by atoms with Crippen LogP contribution in [0.3, 0.4) is 0 Å². The van der Waals surface area contributed by atoms with E-state index in [0.717, 1.165) is 11.1 Å². The molecule has 0 bridgehead atoms. The van der Waals surface area contributed by atoms with Crippen molar-refractivity contribution in [1.82, 2.24) is 0 Å². The molecule has 1 heterocycles. The van der Waals surface area contributed by atoms with E-state index >= 15 is 0 Å². The standard InChI is InChI=1S/C24H27ClO5/c1-23(2,3)30-22(27)24(20(25)14-16-8-6-5-7-9-16)19(15-21(26)29-24)17-10-12-18(28-4)13-11-17/h5-13,19-20H,14-15H2,1-4H3/t19-,20+,24-/m0/s1. The molecule has 3 atom stereocenters. The first-order valence-corrected chi connectivity index (χ1v) is 10.4. The Morgan fingerprint density at radius 3 is 2.37 bits per heavy atom.